The summed E-state index contributed by atoms with van der Waals surface area (Å²) in [6, 6.07) is 7.32. The van der Waals surface area contributed by atoms with Crippen molar-refractivity contribution in [1.82, 2.24) is 10.2 Å². The van der Waals surface area contributed by atoms with E-state index in [1.165, 1.54) is 5.56 Å². The molecule has 2 rings (SSSR count). The second kappa shape index (κ2) is 7.80. The number of hydrogen-bond acceptors (Lipinski definition) is 3. The topological polar surface area (TPSA) is 32.3 Å². The van der Waals surface area contributed by atoms with E-state index in [2.05, 4.69) is 16.8 Å². The van der Waals surface area contributed by atoms with Crippen LogP contribution in [0.5, 0.6) is 0 Å². The van der Waals surface area contributed by atoms with Gasteiger partial charge in [-0.1, -0.05) is 29.3 Å². The monoisotopic (exact) mass is 342 g/mol. The van der Waals surface area contributed by atoms with E-state index < -0.39 is 0 Å². The van der Waals surface area contributed by atoms with E-state index in [4.69, 9.17) is 23.2 Å². The number of likely N-dealkylation sites (N-methyl/N-ethyl adjacent to an activating group) is 1. The first-order valence-corrected chi connectivity index (χ1v) is 8.14. The third-order valence-electron chi connectivity index (χ3n) is 2.94. The molecule has 0 saturated carbocycles. The maximum Gasteiger partial charge on any atom is 0.234 e. The Morgan fingerprint density at radius 1 is 1.33 bits per heavy atom. The molecule has 0 unspecified atom stereocenters. The first-order valence-electron chi connectivity index (χ1n) is 6.45. The Hall–Kier alpha value is -1.07. The van der Waals surface area contributed by atoms with Crippen LogP contribution in [0.4, 0.5) is 0 Å². The summed E-state index contributed by atoms with van der Waals surface area (Å²) in [5.41, 5.74) is 2.07. The summed E-state index contributed by atoms with van der Waals surface area (Å²) in [5.74, 6) is -0.0289. The highest BCUT2D eigenvalue weighted by Gasteiger charge is 2.08. The molecule has 0 aliphatic heterocycles. The van der Waals surface area contributed by atoms with E-state index in [0.717, 1.165) is 12.1 Å². The molecule has 21 heavy (non-hydrogen) atoms. The largest absolute Gasteiger partial charge is 0.351 e. The lowest BCUT2D eigenvalue weighted by atomic mass is 10.2. The molecule has 1 aromatic carbocycles. The van der Waals surface area contributed by atoms with Gasteiger partial charge in [0.1, 0.15) is 0 Å². The fraction of sp³-hybridized carbons (Fsp3) is 0.267. The summed E-state index contributed by atoms with van der Waals surface area (Å²) < 4.78 is 0. The van der Waals surface area contributed by atoms with Crippen LogP contribution in [0.2, 0.25) is 10.0 Å². The molecular weight excluding hydrogens is 327 g/mol. The van der Waals surface area contributed by atoms with Crippen LogP contribution in [-0.2, 0) is 17.9 Å². The molecule has 0 radical (unpaired) electrons. The van der Waals surface area contributed by atoms with Crippen LogP contribution in [0.3, 0.4) is 0 Å². The number of carbonyl (C=O) groups is 1. The minimum absolute atomic E-state index is 0.0289. The van der Waals surface area contributed by atoms with Gasteiger partial charge >= 0.3 is 0 Å². The highest BCUT2D eigenvalue weighted by atomic mass is 35.5. The summed E-state index contributed by atoms with van der Waals surface area (Å²) >= 11 is 13.6. The summed E-state index contributed by atoms with van der Waals surface area (Å²) in [6.45, 7) is 1.51. The molecule has 0 spiro atoms. The number of nitrogens with one attached hydrogen (secondary N) is 1. The van der Waals surface area contributed by atoms with Gasteiger partial charge in [0, 0.05) is 23.1 Å². The van der Waals surface area contributed by atoms with E-state index >= 15 is 0 Å². The number of carbonyl (C=O) groups excluding carboxylic acids is 1. The fourth-order valence-electron chi connectivity index (χ4n) is 1.91. The second-order valence-electron chi connectivity index (χ2n) is 4.82. The van der Waals surface area contributed by atoms with Crippen LogP contribution in [0.25, 0.3) is 0 Å². The van der Waals surface area contributed by atoms with Crippen molar-refractivity contribution in [3.63, 3.8) is 0 Å². The van der Waals surface area contributed by atoms with E-state index in [1.54, 1.807) is 23.5 Å². The number of nitrogens with zero attached hydrogens (tertiary/aromatic N) is 1. The summed E-state index contributed by atoms with van der Waals surface area (Å²) in [5, 5.41) is 8.14. The van der Waals surface area contributed by atoms with Crippen LogP contribution in [-0.4, -0.2) is 24.4 Å². The summed E-state index contributed by atoms with van der Waals surface area (Å²) in [4.78, 5) is 13.9. The lowest BCUT2D eigenvalue weighted by Crippen LogP contribution is -2.34. The predicted molar refractivity (Wildman–Crippen MR) is 89.0 cm³/mol. The maximum absolute atomic E-state index is 11.9. The Balaban J connectivity index is 1.79. The standard InChI is InChI=1S/C15H16Cl2N2OS/c1-19(8-11-4-5-21-10-11)9-15(20)18-7-12-2-3-13(16)6-14(12)17/h2-6,10H,7-9H2,1H3,(H,18,20). The quantitative estimate of drug-likeness (QED) is 0.865. The highest BCUT2D eigenvalue weighted by molar-refractivity contribution is 7.07. The minimum atomic E-state index is -0.0289. The van der Waals surface area contributed by atoms with Crippen LogP contribution in [0.1, 0.15) is 11.1 Å². The van der Waals surface area contributed by atoms with E-state index in [-0.39, 0.29) is 5.91 Å². The third-order valence-corrected chi connectivity index (χ3v) is 4.26. The van der Waals surface area contributed by atoms with Crippen molar-refractivity contribution >= 4 is 40.4 Å². The van der Waals surface area contributed by atoms with Crippen molar-refractivity contribution < 1.29 is 4.79 Å². The van der Waals surface area contributed by atoms with E-state index in [0.29, 0.717) is 23.1 Å². The van der Waals surface area contributed by atoms with E-state index in [9.17, 15) is 4.79 Å². The molecule has 0 atom stereocenters. The Morgan fingerprint density at radius 2 is 2.14 bits per heavy atom. The number of amides is 1. The Kier molecular flexibility index (Phi) is 6.06. The zero-order chi connectivity index (χ0) is 15.2. The van der Waals surface area contributed by atoms with Crippen LogP contribution < -0.4 is 5.32 Å². The van der Waals surface area contributed by atoms with Crippen molar-refractivity contribution in [1.29, 1.82) is 0 Å². The molecule has 3 nitrogen and oxygen atoms in total. The van der Waals surface area contributed by atoms with Gasteiger partial charge in [-0.2, -0.15) is 11.3 Å². The summed E-state index contributed by atoms with van der Waals surface area (Å²) in [6.07, 6.45) is 0. The lowest BCUT2D eigenvalue weighted by Gasteiger charge is -2.15. The van der Waals surface area contributed by atoms with Crippen LogP contribution >= 0.6 is 34.5 Å². The third kappa shape index (κ3) is 5.32. The first-order chi connectivity index (χ1) is 10.0. The molecule has 0 aliphatic rings. The number of halogens is 2. The molecule has 0 aliphatic carbocycles. The van der Waals surface area contributed by atoms with Gasteiger partial charge in [0.15, 0.2) is 0 Å². The first kappa shape index (κ1) is 16.3. The molecule has 2 aromatic rings. The Labute approximate surface area is 138 Å². The van der Waals surface area contributed by atoms with Crippen molar-refractivity contribution in [2.24, 2.45) is 0 Å². The van der Waals surface area contributed by atoms with Crippen molar-refractivity contribution in [2.45, 2.75) is 13.1 Å². The Morgan fingerprint density at radius 3 is 2.81 bits per heavy atom. The molecule has 1 N–H and O–H groups in total. The normalized spacial score (nSPS) is 10.9. The molecule has 6 heteroatoms. The SMILES string of the molecule is CN(CC(=O)NCc1ccc(Cl)cc1Cl)Cc1ccsc1. The van der Waals surface area contributed by atoms with Crippen LogP contribution in [0.15, 0.2) is 35.0 Å². The molecule has 0 bridgehead atoms. The van der Waals surface area contributed by atoms with Crippen LogP contribution in [0, 0.1) is 0 Å². The fourth-order valence-corrected chi connectivity index (χ4v) is 3.05. The molecule has 1 amide bonds. The number of rotatable bonds is 6. The molecule has 112 valence electrons. The molecule has 1 heterocycles. The van der Waals surface area contributed by atoms with Crippen molar-refractivity contribution in [3.05, 3.63) is 56.2 Å². The van der Waals surface area contributed by atoms with Gasteiger partial charge in [0.25, 0.3) is 0 Å². The number of benzene rings is 1. The smallest absolute Gasteiger partial charge is 0.234 e. The van der Waals surface area contributed by atoms with Crippen molar-refractivity contribution in [3.8, 4) is 0 Å². The summed E-state index contributed by atoms with van der Waals surface area (Å²) in [7, 11) is 1.92. The zero-order valence-electron chi connectivity index (χ0n) is 11.6. The van der Waals surface area contributed by atoms with Crippen molar-refractivity contribution in [2.75, 3.05) is 13.6 Å². The van der Waals surface area contributed by atoms with Gasteiger partial charge in [0.2, 0.25) is 5.91 Å². The van der Waals surface area contributed by atoms with Gasteiger partial charge < -0.3 is 5.32 Å². The minimum Gasteiger partial charge on any atom is -0.351 e. The van der Waals surface area contributed by atoms with Gasteiger partial charge in [-0.15, -0.1) is 0 Å². The maximum atomic E-state index is 11.9. The van der Waals surface area contributed by atoms with Gasteiger partial charge in [-0.05, 0) is 47.1 Å². The average Bonchev–Trinajstić information content (AvgIpc) is 2.90. The molecule has 0 saturated heterocycles. The molecular formula is C15H16Cl2N2OS. The molecule has 1 aromatic heterocycles. The lowest BCUT2D eigenvalue weighted by molar-refractivity contribution is -0.122. The van der Waals surface area contributed by atoms with E-state index in [1.807, 2.05) is 23.4 Å². The van der Waals surface area contributed by atoms with Gasteiger partial charge in [0.05, 0.1) is 6.54 Å². The average molecular weight is 343 g/mol. The second-order valence-corrected chi connectivity index (χ2v) is 6.44. The van der Waals surface area contributed by atoms with Gasteiger partial charge in [-0.25, -0.2) is 0 Å². The predicted octanol–water partition coefficient (Wildman–Crippen LogP) is 3.80. The number of hydrogen-bond donors (Lipinski definition) is 1. The van der Waals surface area contributed by atoms with Gasteiger partial charge in [-0.3, -0.25) is 9.69 Å². The highest BCUT2D eigenvalue weighted by Crippen LogP contribution is 2.20. The Bertz CT molecular complexity index is 602. The molecule has 0 fully saturated rings. The number of thiophene rings is 1. The zero-order valence-corrected chi connectivity index (χ0v) is 13.9.